The first-order valence-electron chi connectivity index (χ1n) is 14.2. The number of benzene rings is 2. The van der Waals surface area contributed by atoms with E-state index >= 15 is 0 Å². The van der Waals surface area contributed by atoms with Crippen LogP contribution < -0.4 is 10.6 Å². The van der Waals surface area contributed by atoms with Gasteiger partial charge in [0.15, 0.2) is 0 Å². The summed E-state index contributed by atoms with van der Waals surface area (Å²) in [6.07, 6.45) is 4.30. The van der Waals surface area contributed by atoms with Crippen molar-refractivity contribution in [3.8, 4) is 0 Å². The van der Waals surface area contributed by atoms with Gasteiger partial charge in [0.05, 0.1) is 0 Å². The molecule has 2 atom stereocenters. The van der Waals surface area contributed by atoms with Gasteiger partial charge >= 0.3 is 12.1 Å². The van der Waals surface area contributed by atoms with E-state index in [2.05, 4.69) is 47.4 Å². The van der Waals surface area contributed by atoms with Crippen molar-refractivity contribution < 1.29 is 19.1 Å². The maximum atomic E-state index is 13.8. The summed E-state index contributed by atoms with van der Waals surface area (Å²) in [5.74, 6) is 0. The quantitative estimate of drug-likeness (QED) is 0.380. The van der Waals surface area contributed by atoms with Crippen LogP contribution in [0.5, 0.6) is 0 Å². The molecule has 2 N–H and O–H groups in total. The molecule has 11 heteroatoms. The smallest absolute Gasteiger partial charge is 0.411 e. The van der Waals surface area contributed by atoms with Gasteiger partial charge in [-0.25, -0.2) is 9.59 Å². The van der Waals surface area contributed by atoms with E-state index in [9.17, 15) is 14.4 Å². The minimum Gasteiger partial charge on any atom is -0.445 e. The van der Waals surface area contributed by atoms with Gasteiger partial charge in [-0.2, -0.15) is 0 Å². The van der Waals surface area contributed by atoms with Crippen LogP contribution in [-0.2, 0) is 22.6 Å². The minimum absolute atomic E-state index is 0.121. The standard InChI is InChI=1S/C30H37Br2N5O4/c1-33-23-9-13-35(14-10-23)30(12-17-38)19-24(36-15-8-22-4-2-3-5-27(22)34-28(36)39)11-16-37(30)29(40)41-20-21-6-7-25(31)26(32)18-21/h2-7,17-18,23-24,33H,8-16,19-20H2,1H3,(H,34,39)/t24-,30+/m1/s1. The lowest BCUT2D eigenvalue weighted by atomic mass is 9.85. The average Bonchev–Trinajstić information content (AvgIpc) is 3.15. The molecule has 2 aromatic carbocycles. The number of piperidine rings is 2. The molecule has 0 bridgehead atoms. The highest BCUT2D eigenvalue weighted by Crippen LogP contribution is 2.39. The SMILES string of the molecule is CNC1CCN([C@]2(CC=O)C[C@H](N3CCc4ccccc4NC3=O)CCN2C(=O)OCc2ccc(Br)c(Br)c2)CC1. The Morgan fingerprint density at radius 1 is 1.10 bits per heavy atom. The van der Waals surface area contributed by atoms with E-state index in [4.69, 9.17) is 4.74 Å². The number of carbonyl (C=O) groups is 3. The summed E-state index contributed by atoms with van der Waals surface area (Å²) >= 11 is 6.98. The maximum absolute atomic E-state index is 13.8. The van der Waals surface area contributed by atoms with E-state index in [0.29, 0.717) is 32.0 Å². The number of aldehydes is 1. The number of amides is 3. The van der Waals surface area contributed by atoms with Crippen molar-refractivity contribution in [2.24, 2.45) is 0 Å². The molecule has 3 aliphatic rings. The van der Waals surface area contributed by atoms with Gasteiger partial charge in [0.1, 0.15) is 18.6 Å². The van der Waals surface area contributed by atoms with Crippen LogP contribution in [0.3, 0.4) is 0 Å². The normalized spacial score (nSPS) is 23.9. The Morgan fingerprint density at radius 3 is 2.61 bits per heavy atom. The molecule has 0 radical (unpaired) electrons. The number of hydrogen-bond acceptors (Lipinski definition) is 6. The average molecular weight is 691 g/mol. The van der Waals surface area contributed by atoms with Crippen LogP contribution in [0.15, 0.2) is 51.4 Å². The molecule has 41 heavy (non-hydrogen) atoms. The van der Waals surface area contributed by atoms with Crippen LogP contribution >= 0.6 is 31.9 Å². The van der Waals surface area contributed by atoms with E-state index in [1.165, 1.54) is 0 Å². The molecule has 3 amide bonds. The van der Waals surface area contributed by atoms with Gasteiger partial charge in [0.25, 0.3) is 0 Å². The maximum Gasteiger partial charge on any atom is 0.411 e. The van der Waals surface area contributed by atoms with E-state index in [-0.39, 0.29) is 25.1 Å². The van der Waals surface area contributed by atoms with Crippen LogP contribution in [0.2, 0.25) is 0 Å². The number of fused-ring (bicyclic) bond motifs is 1. The number of anilines is 1. The number of carbonyl (C=O) groups excluding carboxylic acids is 3. The number of ether oxygens (including phenoxy) is 1. The highest BCUT2D eigenvalue weighted by Gasteiger charge is 2.51. The van der Waals surface area contributed by atoms with Crippen LogP contribution in [0.1, 0.15) is 43.2 Å². The Labute approximate surface area is 258 Å². The van der Waals surface area contributed by atoms with Crippen LogP contribution in [-0.4, -0.2) is 84.1 Å². The molecular formula is C30H37Br2N5O4. The van der Waals surface area contributed by atoms with Crippen LogP contribution in [0, 0.1) is 0 Å². The monoisotopic (exact) mass is 689 g/mol. The topological polar surface area (TPSA) is 94.2 Å². The molecule has 220 valence electrons. The Kier molecular flexibility index (Phi) is 9.68. The third kappa shape index (κ3) is 6.48. The summed E-state index contributed by atoms with van der Waals surface area (Å²) < 4.78 is 7.67. The fraction of sp³-hybridized carbons (Fsp3) is 0.500. The Balaban J connectivity index is 1.40. The molecular weight excluding hydrogens is 654 g/mol. The molecule has 9 nitrogen and oxygen atoms in total. The van der Waals surface area contributed by atoms with Crippen molar-refractivity contribution in [2.75, 3.05) is 38.5 Å². The van der Waals surface area contributed by atoms with E-state index < -0.39 is 11.8 Å². The number of likely N-dealkylation sites (tertiary alicyclic amines) is 2. The zero-order valence-corrected chi connectivity index (χ0v) is 26.5. The number of urea groups is 1. The van der Waals surface area contributed by atoms with Gasteiger partial charge < -0.3 is 25.1 Å². The Morgan fingerprint density at radius 2 is 1.88 bits per heavy atom. The molecule has 0 aliphatic carbocycles. The second kappa shape index (κ2) is 13.2. The molecule has 0 aromatic heterocycles. The van der Waals surface area contributed by atoms with E-state index in [0.717, 1.165) is 64.4 Å². The third-order valence-corrected chi connectivity index (χ3v) is 10.7. The number of para-hydroxylation sites is 1. The second-order valence-corrected chi connectivity index (χ2v) is 12.7. The molecule has 0 unspecified atom stereocenters. The van der Waals surface area contributed by atoms with Gasteiger partial charge in [0.2, 0.25) is 0 Å². The lowest BCUT2D eigenvalue weighted by Crippen LogP contribution is -2.69. The molecule has 2 saturated heterocycles. The Bertz CT molecular complexity index is 1270. The lowest BCUT2D eigenvalue weighted by molar-refractivity contribution is -0.127. The van der Waals surface area contributed by atoms with Crippen molar-refractivity contribution in [2.45, 2.75) is 62.9 Å². The summed E-state index contributed by atoms with van der Waals surface area (Å²) in [6.45, 7) is 2.58. The lowest BCUT2D eigenvalue weighted by Gasteiger charge is -2.56. The second-order valence-electron chi connectivity index (χ2n) is 11.0. The number of halogens is 2. The number of rotatable bonds is 7. The molecule has 3 aliphatic heterocycles. The van der Waals surface area contributed by atoms with Crippen molar-refractivity contribution in [3.05, 3.63) is 62.5 Å². The van der Waals surface area contributed by atoms with Crippen molar-refractivity contribution >= 4 is 56.0 Å². The van der Waals surface area contributed by atoms with Gasteiger partial charge in [-0.1, -0.05) is 24.3 Å². The first-order chi connectivity index (χ1) is 19.8. The van der Waals surface area contributed by atoms with E-state index in [1.807, 2.05) is 54.4 Å². The summed E-state index contributed by atoms with van der Waals surface area (Å²) in [7, 11) is 1.97. The molecule has 2 fully saturated rings. The highest BCUT2D eigenvalue weighted by molar-refractivity contribution is 9.13. The fourth-order valence-corrected chi connectivity index (χ4v) is 7.21. The van der Waals surface area contributed by atoms with Gasteiger partial charge in [-0.3, -0.25) is 9.80 Å². The fourth-order valence-electron chi connectivity index (χ4n) is 6.53. The van der Waals surface area contributed by atoms with Crippen molar-refractivity contribution in [1.29, 1.82) is 0 Å². The first-order valence-corrected chi connectivity index (χ1v) is 15.8. The molecule has 0 saturated carbocycles. The summed E-state index contributed by atoms with van der Waals surface area (Å²) in [4.78, 5) is 45.4. The van der Waals surface area contributed by atoms with Gasteiger partial charge in [-0.15, -0.1) is 0 Å². The highest BCUT2D eigenvalue weighted by atomic mass is 79.9. The zero-order chi connectivity index (χ0) is 29.0. The summed E-state index contributed by atoms with van der Waals surface area (Å²) in [5.41, 5.74) is 1.94. The van der Waals surface area contributed by atoms with Crippen molar-refractivity contribution in [3.63, 3.8) is 0 Å². The van der Waals surface area contributed by atoms with Gasteiger partial charge in [-0.05, 0) is 93.9 Å². The summed E-state index contributed by atoms with van der Waals surface area (Å²) in [6, 6.07) is 13.8. The van der Waals surface area contributed by atoms with Crippen molar-refractivity contribution in [1.82, 2.24) is 20.0 Å². The predicted molar refractivity (Wildman–Crippen MR) is 165 cm³/mol. The molecule has 3 heterocycles. The zero-order valence-electron chi connectivity index (χ0n) is 23.3. The number of nitrogens with zero attached hydrogens (tertiary/aromatic N) is 3. The minimum atomic E-state index is -0.875. The first kappa shape index (κ1) is 30.0. The van der Waals surface area contributed by atoms with Crippen LogP contribution in [0.4, 0.5) is 15.3 Å². The van der Waals surface area contributed by atoms with Gasteiger partial charge in [0, 0.05) is 65.7 Å². The molecule has 2 aromatic rings. The number of nitrogens with one attached hydrogen (secondary N) is 2. The Hall–Kier alpha value is -2.47. The largest absolute Gasteiger partial charge is 0.445 e. The van der Waals surface area contributed by atoms with Crippen LogP contribution in [0.25, 0.3) is 0 Å². The predicted octanol–water partition coefficient (Wildman–Crippen LogP) is 5.37. The molecule has 5 rings (SSSR count). The third-order valence-electron chi connectivity index (χ3n) is 8.80. The van der Waals surface area contributed by atoms with E-state index in [1.54, 1.807) is 4.90 Å². The number of hydrogen-bond donors (Lipinski definition) is 2. The summed E-state index contributed by atoms with van der Waals surface area (Å²) in [5, 5.41) is 6.45. The molecule has 0 spiro atoms.